The van der Waals surface area contributed by atoms with Gasteiger partial charge in [0.25, 0.3) is 0 Å². The molecule has 1 N–H and O–H groups in total. The van der Waals surface area contributed by atoms with Crippen LogP contribution >= 0.6 is 0 Å². The first-order valence-electron chi connectivity index (χ1n) is 5.13. The monoisotopic (exact) mass is 225 g/mol. The van der Waals surface area contributed by atoms with Crippen molar-refractivity contribution in [3.63, 3.8) is 0 Å². The smallest absolute Gasteiger partial charge is 0.399 e. The number of hydrogen-bond acceptors (Lipinski definition) is 2. The summed E-state index contributed by atoms with van der Waals surface area (Å²) in [5.74, 6) is 0.612. The normalized spacial score (nSPS) is 9.18. The van der Waals surface area contributed by atoms with Gasteiger partial charge in [0.05, 0.1) is 0 Å². The van der Waals surface area contributed by atoms with Crippen LogP contribution in [0.15, 0.2) is 54.6 Å². The molecule has 2 aromatic rings. The molecule has 4 nitrogen and oxygen atoms in total. The van der Waals surface area contributed by atoms with Gasteiger partial charge < -0.3 is 15.6 Å². The van der Waals surface area contributed by atoms with Gasteiger partial charge in [-0.2, -0.15) is 0 Å². The van der Waals surface area contributed by atoms with Crippen molar-refractivity contribution in [3.05, 3.63) is 60.1 Å². The lowest BCUT2D eigenvalue weighted by molar-refractivity contribution is -0.0150. The predicted molar refractivity (Wildman–Crippen MR) is 66.5 cm³/mol. The molecule has 0 aromatic heterocycles. The Morgan fingerprint density at radius 2 is 1.59 bits per heavy atom. The van der Waals surface area contributed by atoms with Gasteiger partial charge in [-0.25, -0.2) is 0 Å². The van der Waals surface area contributed by atoms with E-state index in [1.165, 1.54) is 0 Å². The van der Waals surface area contributed by atoms with Crippen molar-refractivity contribution in [2.24, 2.45) is 0 Å². The highest BCUT2D eigenvalue weighted by molar-refractivity contribution is 5.60. The highest BCUT2D eigenvalue weighted by Crippen LogP contribution is 2.19. The fourth-order valence-electron chi connectivity index (χ4n) is 1.39. The molecule has 0 aliphatic carbocycles. The molecule has 0 spiro atoms. The summed E-state index contributed by atoms with van der Waals surface area (Å²) in [4.78, 5) is 2.76. The van der Waals surface area contributed by atoms with Gasteiger partial charge in [-0.15, -0.1) is 4.79 Å². The van der Waals surface area contributed by atoms with E-state index < -0.39 is 0 Å². The maximum absolute atomic E-state index is 8.21. The van der Waals surface area contributed by atoms with E-state index in [1.54, 1.807) is 12.1 Å². The van der Waals surface area contributed by atoms with Gasteiger partial charge in [-0.05, 0) is 36.4 Å². The summed E-state index contributed by atoms with van der Waals surface area (Å²) >= 11 is 0. The van der Waals surface area contributed by atoms with Crippen molar-refractivity contribution in [1.29, 1.82) is 0 Å². The number of nitrogens with zero attached hydrogens (tertiary/aromatic N) is 2. The molecule has 0 atom stereocenters. The summed E-state index contributed by atoms with van der Waals surface area (Å²) in [5, 5.41) is 3.25. The largest absolute Gasteiger partial charge is 0.443 e. The summed E-state index contributed by atoms with van der Waals surface area (Å²) in [7, 11) is 0. The predicted octanol–water partition coefficient (Wildman–Crippen LogP) is 3.07. The SMILES string of the molecule is [N-]=[N+]=COc1ccc(Nc2ccccc2)cc1. The average molecular weight is 225 g/mol. The van der Waals surface area contributed by atoms with Gasteiger partial charge in [-0.3, -0.25) is 0 Å². The van der Waals surface area contributed by atoms with Gasteiger partial charge in [0, 0.05) is 11.4 Å². The Bertz CT molecular complexity index is 516. The molecule has 2 rings (SSSR count). The number of hydrogen-bond donors (Lipinski definition) is 1. The lowest BCUT2D eigenvalue weighted by Crippen LogP contribution is -1.92. The van der Waals surface area contributed by atoms with Crippen molar-refractivity contribution in [3.8, 4) is 5.75 Å². The summed E-state index contributed by atoms with van der Waals surface area (Å²) in [6.07, 6.45) is 0.972. The molecule has 0 radical (unpaired) electrons. The van der Waals surface area contributed by atoms with Crippen LogP contribution in [0.1, 0.15) is 0 Å². The first-order valence-corrected chi connectivity index (χ1v) is 5.13. The maximum atomic E-state index is 8.21. The van der Waals surface area contributed by atoms with E-state index in [1.807, 2.05) is 42.5 Å². The molecule has 0 saturated carbocycles. The zero-order chi connectivity index (χ0) is 11.9. The van der Waals surface area contributed by atoms with Gasteiger partial charge in [0.1, 0.15) is 5.75 Å². The fraction of sp³-hybridized carbons (Fsp3) is 0. The molecular formula is C13H11N3O. The molecule has 0 aliphatic rings. The molecule has 0 saturated heterocycles. The fourth-order valence-corrected chi connectivity index (χ4v) is 1.39. The van der Waals surface area contributed by atoms with Crippen molar-refractivity contribution >= 4 is 17.8 Å². The summed E-state index contributed by atoms with van der Waals surface area (Å²) in [6.45, 7) is 0. The molecule has 0 unspecified atom stereocenters. The summed E-state index contributed by atoms with van der Waals surface area (Å²) in [5.41, 5.74) is 10.2. The van der Waals surface area contributed by atoms with E-state index in [9.17, 15) is 0 Å². The minimum Gasteiger partial charge on any atom is -0.399 e. The third-order valence-electron chi connectivity index (χ3n) is 2.15. The highest BCUT2D eigenvalue weighted by Gasteiger charge is 1.96. The number of ether oxygens (including phenoxy) is 1. The molecule has 17 heavy (non-hydrogen) atoms. The van der Waals surface area contributed by atoms with Crippen LogP contribution in [0.5, 0.6) is 5.75 Å². The second-order valence-corrected chi connectivity index (χ2v) is 3.35. The zero-order valence-corrected chi connectivity index (χ0v) is 9.08. The van der Waals surface area contributed by atoms with Gasteiger partial charge >= 0.3 is 6.40 Å². The minimum atomic E-state index is 0.612. The number of rotatable bonds is 4. The Kier molecular flexibility index (Phi) is 3.53. The van der Waals surface area contributed by atoms with Crippen molar-refractivity contribution < 1.29 is 9.53 Å². The van der Waals surface area contributed by atoms with E-state index >= 15 is 0 Å². The summed E-state index contributed by atoms with van der Waals surface area (Å²) < 4.78 is 4.99. The minimum absolute atomic E-state index is 0.612. The number of para-hydroxylation sites is 1. The first-order chi connectivity index (χ1) is 8.38. The van der Waals surface area contributed by atoms with Crippen LogP contribution in [0.2, 0.25) is 0 Å². The van der Waals surface area contributed by atoms with Crippen LogP contribution in [-0.4, -0.2) is 11.2 Å². The Balaban J connectivity index is 2.05. The molecule has 0 bridgehead atoms. The Labute approximate surface area is 99.1 Å². The molecule has 0 amide bonds. The van der Waals surface area contributed by atoms with Crippen LogP contribution in [0.3, 0.4) is 0 Å². The van der Waals surface area contributed by atoms with Crippen LogP contribution in [-0.2, 0) is 0 Å². The molecule has 4 heteroatoms. The van der Waals surface area contributed by atoms with E-state index in [4.69, 9.17) is 10.3 Å². The molecule has 0 aliphatic heterocycles. The van der Waals surface area contributed by atoms with E-state index in [0.717, 1.165) is 17.8 Å². The standard InChI is InChI=1S/C13H11N3O/c14-15-10-17-13-8-6-12(7-9-13)16-11-4-2-1-3-5-11/h1-10,16H. The number of nitrogens with one attached hydrogen (secondary N) is 1. The van der Waals surface area contributed by atoms with Crippen LogP contribution in [0, 0.1) is 0 Å². The quantitative estimate of drug-likeness (QED) is 0.376. The Morgan fingerprint density at radius 1 is 0.941 bits per heavy atom. The second-order valence-electron chi connectivity index (χ2n) is 3.35. The Hall–Kier alpha value is -2.58. The van der Waals surface area contributed by atoms with Gasteiger partial charge in [-0.1, -0.05) is 18.2 Å². The highest BCUT2D eigenvalue weighted by atomic mass is 16.5. The van der Waals surface area contributed by atoms with Gasteiger partial charge in [0.2, 0.25) is 0 Å². The van der Waals surface area contributed by atoms with E-state index in [-0.39, 0.29) is 0 Å². The van der Waals surface area contributed by atoms with Crippen LogP contribution in [0.25, 0.3) is 5.53 Å². The topological polar surface area (TPSA) is 57.7 Å². The second kappa shape index (κ2) is 5.49. The molecule has 84 valence electrons. The molecule has 0 heterocycles. The molecule has 2 aromatic carbocycles. The van der Waals surface area contributed by atoms with Crippen LogP contribution < -0.4 is 10.1 Å². The molecular weight excluding hydrogens is 214 g/mol. The third-order valence-corrected chi connectivity index (χ3v) is 2.15. The third kappa shape index (κ3) is 3.19. The Morgan fingerprint density at radius 3 is 2.24 bits per heavy atom. The number of anilines is 2. The van der Waals surface area contributed by atoms with Crippen molar-refractivity contribution in [2.75, 3.05) is 5.32 Å². The molecule has 0 fully saturated rings. The van der Waals surface area contributed by atoms with E-state index in [2.05, 4.69) is 10.1 Å². The van der Waals surface area contributed by atoms with E-state index in [0.29, 0.717) is 5.75 Å². The summed E-state index contributed by atoms with van der Waals surface area (Å²) in [6, 6.07) is 17.2. The van der Waals surface area contributed by atoms with Gasteiger partial charge in [0.15, 0.2) is 0 Å². The number of benzene rings is 2. The zero-order valence-electron chi connectivity index (χ0n) is 9.08. The lowest BCUT2D eigenvalue weighted by atomic mass is 10.2. The lowest BCUT2D eigenvalue weighted by Gasteiger charge is -2.06. The first kappa shape index (κ1) is 10.9. The van der Waals surface area contributed by atoms with Crippen LogP contribution in [0.4, 0.5) is 11.4 Å². The van der Waals surface area contributed by atoms with Crippen molar-refractivity contribution in [2.45, 2.75) is 0 Å². The van der Waals surface area contributed by atoms with Crippen molar-refractivity contribution in [1.82, 2.24) is 0 Å². The average Bonchev–Trinajstić information content (AvgIpc) is 2.39. The maximum Gasteiger partial charge on any atom is 0.443 e.